The maximum atomic E-state index is 6.08. The van der Waals surface area contributed by atoms with Gasteiger partial charge in [0.15, 0.2) is 0 Å². The summed E-state index contributed by atoms with van der Waals surface area (Å²) < 4.78 is 5.77. The molecule has 2 rings (SSSR count). The molecule has 0 N–H and O–H groups in total. The molecule has 0 atom stereocenters. The minimum absolute atomic E-state index is 0.409. The van der Waals surface area contributed by atoms with Crippen molar-refractivity contribution in [2.75, 3.05) is 0 Å². The first-order valence-electron chi connectivity index (χ1n) is 5.98. The zero-order valence-corrected chi connectivity index (χ0v) is 12.5. The van der Waals surface area contributed by atoms with Gasteiger partial charge in [-0.2, -0.15) is 4.98 Å². The van der Waals surface area contributed by atoms with Crippen LogP contribution in [-0.4, -0.2) is 9.97 Å². The fourth-order valence-corrected chi connectivity index (χ4v) is 2.12. The average Bonchev–Trinajstić information content (AvgIpc) is 2.37. The zero-order chi connectivity index (χ0) is 14.0. The van der Waals surface area contributed by atoms with Crippen LogP contribution in [0.2, 0.25) is 10.2 Å². The second-order valence-corrected chi connectivity index (χ2v) is 4.97. The van der Waals surface area contributed by atoms with Crippen LogP contribution in [0, 0.1) is 13.8 Å². The van der Waals surface area contributed by atoms with Gasteiger partial charge in [-0.1, -0.05) is 30.1 Å². The minimum atomic E-state index is 0.409. The van der Waals surface area contributed by atoms with Gasteiger partial charge in [-0.25, -0.2) is 4.98 Å². The summed E-state index contributed by atoms with van der Waals surface area (Å²) in [5.74, 6) is 1.75. The van der Waals surface area contributed by atoms with Crippen LogP contribution >= 0.6 is 23.2 Å². The first kappa shape index (κ1) is 14.1. The van der Waals surface area contributed by atoms with Gasteiger partial charge in [0.25, 0.3) is 0 Å². The average molecular weight is 297 g/mol. The van der Waals surface area contributed by atoms with Crippen LogP contribution < -0.4 is 4.74 Å². The van der Waals surface area contributed by atoms with Gasteiger partial charge in [-0.3, -0.25) is 0 Å². The summed E-state index contributed by atoms with van der Waals surface area (Å²) in [5.41, 5.74) is 1.76. The Bertz CT molecular complexity index is 615. The number of aryl methyl sites for hydroxylation is 2. The molecule has 100 valence electrons. The van der Waals surface area contributed by atoms with E-state index in [1.807, 2.05) is 32.0 Å². The summed E-state index contributed by atoms with van der Waals surface area (Å²) in [6.45, 7) is 5.65. The number of aromatic nitrogens is 2. The summed E-state index contributed by atoms with van der Waals surface area (Å²) in [4.78, 5) is 8.33. The van der Waals surface area contributed by atoms with Crippen molar-refractivity contribution in [2.24, 2.45) is 0 Å². The van der Waals surface area contributed by atoms with Gasteiger partial charge >= 0.3 is 0 Å². The van der Waals surface area contributed by atoms with E-state index in [9.17, 15) is 0 Å². The summed E-state index contributed by atoms with van der Waals surface area (Å²) >= 11 is 12.1. The molecular formula is C14H14Cl2N2O. The summed E-state index contributed by atoms with van der Waals surface area (Å²) in [6, 6.07) is 5.54. The monoisotopic (exact) mass is 296 g/mol. The van der Waals surface area contributed by atoms with Gasteiger partial charge in [0, 0.05) is 10.6 Å². The molecule has 1 heterocycles. The van der Waals surface area contributed by atoms with E-state index in [1.54, 1.807) is 6.92 Å². The molecule has 3 nitrogen and oxygen atoms in total. The van der Waals surface area contributed by atoms with Crippen LogP contribution in [0.4, 0.5) is 0 Å². The van der Waals surface area contributed by atoms with Crippen molar-refractivity contribution in [2.45, 2.75) is 27.2 Å². The van der Waals surface area contributed by atoms with Crippen molar-refractivity contribution in [3.8, 4) is 11.6 Å². The Morgan fingerprint density at radius 1 is 1.16 bits per heavy atom. The smallest absolute Gasteiger partial charge is 0.226 e. The highest BCUT2D eigenvalue weighted by atomic mass is 35.5. The third kappa shape index (κ3) is 3.17. The van der Waals surface area contributed by atoms with Gasteiger partial charge in [0.1, 0.15) is 16.7 Å². The largest absolute Gasteiger partial charge is 0.439 e. The third-order valence-corrected chi connectivity index (χ3v) is 3.50. The lowest BCUT2D eigenvalue weighted by Gasteiger charge is -2.10. The van der Waals surface area contributed by atoms with Crippen molar-refractivity contribution in [1.29, 1.82) is 0 Å². The molecule has 0 saturated carbocycles. The Morgan fingerprint density at radius 2 is 1.89 bits per heavy atom. The Labute approximate surface area is 122 Å². The standard InChI is InChI=1S/C14H14Cl2N2O/c1-4-10-7-11(5-6-12(10)15)19-14-8(2)13(16)17-9(3)18-14/h5-7H,4H2,1-3H3. The van der Waals surface area contributed by atoms with E-state index >= 15 is 0 Å². The molecule has 0 bridgehead atoms. The number of rotatable bonds is 3. The van der Waals surface area contributed by atoms with Crippen molar-refractivity contribution in [3.05, 3.63) is 45.3 Å². The Kier molecular flexibility index (Phi) is 4.27. The second kappa shape index (κ2) is 5.76. The molecule has 1 aromatic carbocycles. The SMILES string of the molecule is CCc1cc(Oc2nc(C)nc(Cl)c2C)ccc1Cl. The van der Waals surface area contributed by atoms with Crippen molar-refractivity contribution < 1.29 is 4.74 Å². The summed E-state index contributed by atoms with van der Waals surface area (Å²) in [5, 5.41) is 1.15. The number of benzene rings is 1. The molecule has 0 unspecified atom stereocenters. The predicted octanol–water partition coefficient (Wildman–Crippen LogP) is 4.75. The van der Waals surface area contributed by atoms with E-state index in [0.29, 0.717) is 22.6 Å². The van der Waals surface area contributed by atoms with Gasteiger partial charge in [0.2, 0.25) is 5.88 Å². The molecule has 0 fully saturated rings. The number of hydrogen-bond donors (Lipinski definition) is 0. The maximum absolute atomic E-state index is 6.08. The van der Waals surface area contributed by atoms with E-state index in [-0.39, 0.29) is 0 Å². The molecule has 0 aliphatic carbocycles. The molecule has 5 heteroatoms. The topological polar surface area (TPSA) is 35.0 Å². The third-order valence-electron chi connectivity index (χ3n) is 2.77. The van der Waals surface area contributed by atoms with Crippen molar-refractivity contribution >= 4 is 23.2 Å². The number of ether oxygens (including phenoxy) is 1. The zero-order valence-electron chi connectivity index (χ0n) is 11.0. The van der Waals surface area contributed by atoms with Gasteiger partial charge < -0.3 is 4.74 Å². The number of nitrogens with zero attached hydrogens (tertiary/aromatic N) is 2. The molecule has 0 saturated heterocycles. The number of halogens is 2. The van der Waals surface area contributed by atoms with Crippen LogP contribution in [0.3, 0.4) is 0 Å². The van der Waals surface area contributed by atoms with Crippen LogP contribution in [0.25, 0.3) is 0 Å². The van der Waals surface area contributed by atoms with Crippen LogP contribution in [0.5, 0.6) is 11.6 Å². The lowest BCUT2D eigenvalue weighted by molar-refractivity contribution is 0.455. The number of hydrogen-bond acceptors (Lipinski definition) is 3. The molecular weight excluding hydrogens is 283 g/mol. The Hall–Kier alpha value is -1.32. The molecule has 19 heavy (non-hydrogen) atoms. The van der Waals surface area contributed by atoms with E-state index < -0.39 is 0 Å². The van der Waals surface area contributed by atoms with Gasteiger partial charge in [0.05, 0.1) is 0 Å². The van der Waals surface area contributed by atoms with Crippen LogP contribution in [0.1, 0.15) is 23.9 Å². The van der Waals surface area contributed by atoms with Crippen LogP contribution in [0.15, 0.2) is 18.2 Å². The molecule has 1 aromatic heterocycles. The highest BCUT2D eigenvalue weighted by Gasteiger charge is 2.10. The predicted molar refractivity (Wildman–Crippen MR) is 77.4 cm³/mol. The first-order valence-corrected chi connectivity index (χ1v) is 6.74. The van der Waals surface area contributed by atoms with E-state index in [1.165, 1.54) is 0 Å². The highest BCUT2D eigenvalue weighted by molar-refractivity contribution is 6.31. The van der Waals surface area contributed by atoms with Crippen molar-refractivity contribution in [1.82, 2.24) is 9.97 Å². The quantitative estimate of drug-likeness (QED) is 0.766. The Balaban J connectivity index is 2.36. The highest BCUT2D eigenvalue weighted by Crippen LogP contribution is 2.29. The molecule has 0 spiro atoms. The molecule has 2 aromatic rings. The first-order chi connectivity index (χ1) is 9.01. The normalized spacial score (nSPS) is 10.6. The summed E-state index contributed by atoms with van der Waals surface area (Å²) in [7, 11) is 0. The minimum Gasteiger partial charge on any atom is -0.439 e. The summed E-state index contributed by atoms with van der Waals surface area (Å²) in [6.07, 6.45) is 0.846. The Morgan fingerprint density at radius 3 is 2.58 bits per heavy atom. The maximum Gasteiger partial charge on any atom is 0.226 e. The molecule has 0 aliphatic rings. The van der Waals surface area contributed by atoms with E-state index in [0.717, 1.165) is 22.6 Å². The fraction of sp³-hybridized carbons (Fsp3) is 0.286. The lowest BCUT2D eigenvalue weighted by Crippen LogP contribution is -1.98. The second-order valence-electron chi connectivity index (χ2n) is 4.20. The molecule has 0 aliphatic heterocycles. The van der Waals surface area contributed by atoms with Crippen molar-refractivity contribution in [3.63, 3.8) is 0 Å². The van der Waals surface area contributed by atoms with E-state index in [2.05, 4.69) is 9.97 Å². The van der Waals surface area contributed by atoms with Gasteiger partial charge in [-0.15, -0.1) is 0 Å². The lowest BCUT2D eigenvalue weighted by atomic mass is 10.1. The fourth-order valence-electron chi connectivity index (χ4n) is 1.67. The molecule has 0 radical (unpaired) electrons. The molecule has 0 amide bonds. The van der Waals surface area contributed by atoms with Gasteiger partial charge in [-0.05, 0) is 44.0 Å². The van der Waals surface area contributed by atoms with E-state index in [4.69, 9.17) is 27.9 Å². The van der Waals surface area contributed by atoms with Crippen LogP contribution in [-0.2, 0) is 6.42 Å².